The number of fused-ring (bicyclic) bond motifs is 2. The predicted octanol–water partition coefficient (Wildman–Crippen LogP) is 9.13. The molecule has 0 N–H and O–H groups in total. The van der Waals surface area contributed by atoms with E-state index in [1.807, 2.05) is 84.9 Å². The Balaban J connectivity index is 0.000000226. The number of aromatic nitrogens is 2. The molecule has 0 fully saturated rings. The fraction of sp³-hybridized carbons (Fsp3) is 0.111. The molecule has 0 amide bonds. The zero-order chi connectivity index (χ0) is 33.3. The Hall–Kier alpha value is -3.46. The Morgan fingerprint density at radius 2 is 0.978 bits per heavy atom. The first kappa shape index (κ1) is 37.0. The zero-order valence-corrected chi connectivity index (χ0v) is 29.3. The summed E-state index contributed by atoms with van der Waals surface area (Å²) in [6, 6.07) is 36.5. The monoisotopic (exact) mass is 834 g/mol. The van der Waals surface area contributed by atoms with Crippen molar-refractivity contribution in [1.29, 1.82) is 0 Å². The third kappa shape index (κ3) is 9.31. The van der Waals surface area contributed by atoms with Crippen molar-refractivity contribution >= 4 is 52.5 Å². The summed E-state index contributed by atoms with van der Waals surface area (Å²) in [5.74, 6) is -0.705. The van der Waals surface area contributed by atoms with Crippen molar-refractivity contribution in [2.75, 3.05) is 13.2 Å². The SMILES string of the molecule is CCOC(=O)c1c(-c2[c-]cccc2)ncc2ccccc12.CCOC(=O)c1c(-c2[c-]cccc2)ncc2ccccc12.[Cl][Pd+].[Cl][Pd+]. The summed E-state index contributed by atoms with van der Waals surface area (Å²) in [5, 5.41) is 3.52. The van der Waals surface area contributed by atoms with Crippen LogP contribution in [0.1, 0.15) is 34.6 Å². The molecule has 2 aromatic heterocycles. The van der Waals surface area contributed by atoms with Gasteiger partial charge in [-0.1, -0.05) is 48.5 Å². The normalized spacial score (nSPS) is 9.91. The number of benzene rings is 4. The number of hydrogen-bond acceptors (Lipinski definition) is 6. The van der Waals surface area contributed by atoms with E-state index in [0.717, 1.165) is 32.7 Å². The maximum absolute atomic E-state index is 12.4. The maximum atomic E-state index is 12.4. The molecule has 0 aliphatic heterocycles. The summed E-state index contributed by atoms with van der Waals surface area (Å²) in [5.41, 5.74) is 3.77. The minimum absolute atomic E-state index is 0.333. The van der Waals surface area contributed by atoms with E-state index in [1.165, 1.54) is 0 Å². The van der Waals surface area contributed by atoms with E-state index in [2.05, 4.69) is 77.5 Å². The van der Waals surface area contributed by atoms with Gasteiger partial charge >= 0.3 is 67.4 Å². The second-order valence-corrected chi connectivity index (χ2v) is 9.13. The van der Waals surface area contributed by atoms with E-state index in [1.54, 1.807) is 38.4 Å². The molecule has 4 aromatic carbocycles. The number of nitrogens with zero attached hydrogens (tertiary/aromatic N) is 2. The van der Waals surface area contributed by atoms with Gasteiger partial charge in [-0.2, -0.15) is 0 Å². The molecule has 6 nitrogen and oxygen atoms in total. The van der Waals surface area contributed by atoms with Gasteiger partial charge in [0, 0.05) is 23.8 Å². The predicted molar refractivity (Wildman–Crippen MR) is 176 cm³/mol. The van der Waals surface area contributed by atoms with E-state index >= 15 is 0 Å². The van der Waals surface area contributed by atoms with Crippen LogP contribution in [-0.4, -0.2) is 35.1 Å². The van der Waals surface area contributed by atoms with Crippen LogP contribution in [0, 0.1) is 12.1 Å². The number of rotatable bonds is 6. The summed E-state index contributed by atoms with van der Waals surface area (Å²) in [6.45, 7) is 4.26. The van der Waals surface area contributed by atoms with Gasteiger partial charge in [0.1, 0.15) is 0 Å². The molecule has 46 heavy (non-hydrogen) atoms. The molecular formula is C36H28Cl2N2O4Pd2. The van der Waals surface area contributed by atoms with Crippen LogP contribution in [-0.2, 0) is 45.8 Å². The average molecular weight is 836 g/mol. The quantitative estimate of drug-likeness (QED) is 0.0947. The Morgan fingerprint density at radius 3 is 1.33 bits per heavy atom. The molecule has 0 unspecified atom stereocenters. The van der Waals surface area contributed by atoms with Crippen LogP contribution < -0.4 is 0 Å². The third-order valence-corrected chi connectivity index (χ3v) is 6.49. The molecule has 0 aliphatic rings. The second kappa shape index (κ2) is 19.9. The molecular weight excluding hydrogens is 808 g/mol. The van der Waals surface area contributed by atoms with Gasteiger partial charge in [-0.05, 0) is 35.4 Å². The fourth-order valence-corrected chi connectivity index (χ4v) is 4.64. The Kier molecular flexibility index (Phi) is 16.0. The second-order valence-electron chi connectivity index (χ2n) is 9.13. The molecule has 0 spiro atoms. The van der Waals surface area contributed by atoms with Gasteiger partial charge < -0.3 is 19.4 Å². The van der Waals surface area contributed by atoms with Gasteiger partial charge in [-0.15, -0.1) is 71.8 Å². The Bertz CT molecular complexity index is 1720. The van der Waals surface area contributed by atoms with E-state index in [9.17, 15) is 9.59 Å². The summed E-state index contributed by atoms with van der Waals surface area (Å²) in [6.07, 6.45) is 3.54. The zero-order valence-electron chi connectivity index (χ0n) is 24.7. The van der Waals surface area contributed by atoms with Crippen molar-refractivity contribution in [2.45, 2.75) is 13.8 Å². The number of hydrogen-bond donors (Lipinski definition) is 0. The topological polar surface area (TPSA) is 78.4 Å². The summed E-state index contributed by atoms with van der Waals surface area (Å²) >= 11 is 4.44. The Morgan fingerprint density at radius 1 is 0.609 bits per heavy atom. The van der Waals surface area contributed by atoms with Gasteiger partial charge in [-0.25, -0.2) is 9.59 Å². The van der Waals surface area contributed by atoms with Crippen molar-refractivity contribution in [2.24, 2.45) is 0 Å². The fourth-order valence-electron chi connectivity index (χ4n) is 4.64. The van der Waals surface area contributed by atoms with Crippen molar-refractivity contribution in [3.63, 3.8) is 0 Å². The van der Waals surface area contributed by atoms with Crippen LogP contribution in [0.5, 0.6) is 0 Å². The molecule has 0 saturated carbocycles. The van der Waals surface area contributed by atoms with Crippen LogP contribution in [0.15, 0.2) is 109 Å². The van der Waals surface area contributed by atoms with Crippen molar-refractivity contribution < 1.29 is 55.4 Å². The van der Waals surface area contributed by atoms with Crippen LogP contribution in [0.3, 0.4) is 0 Å². The molecule has 0 saturated heterocycles. The molecule has 0 aliphatic carbocycles. The summed E-state index contributed by atoms with van der Waals surface area (Å²) in [4.78, 5) is 33.7. The Labute approximate surface area is 298 Å². The van der Waals surface area contributed by atoms with E-state index in [0.29, 0.717) is 35.7 Å². The minimum atomic E-state index is -0.353. The van der Waals surface area contributed by atoms with E-state index in [4.69, 9.17) is 9.47 Å². The number of carbonyl (C=O) groups is 2. The van der Waals surface area contributed by atoms with Crippen LogP contribution in [0.4, 0.5) is 0 Å². The van der Waals surface area contributed by atoms with E-state index < -0.39 is 0 Å². The van der Waals surface area contributed by atoms with E-state index in [-0.39, 0.29) is 11.9 Å². The van der Waals surface area contributed by atoms with Gasteiger partial charge in [0.05, 0.1) is 24.3 Å². The number of carbonyl (C=O) groups excluding carboxylic acids is 2. The summed E-state index contributed by atoms with van der Waals surface area (Å²) in [7, 11) is 8.98. The first-order chi connectivity index (χ1) is 22.6. The van der Waals surface area contributed by atoms with Crippen LogP contribution >= 0.6 is 19.1 Å². The molecule has 240 valence electrons. The number of esters is 2. The molecule has 2 heterocycles. The van der Waals surface area contributed by atoms with Gasteiger partial charge in [0.2, 0.25) is 0 Å². The molecule has 0 atom stereocenters. The first-order valence-corrected chi connectivity index (χ1v) is 17.9. The molecule has 10 heteroatoms. The summed E-state index contributed by atoms with van der Waals surface area (Å²) < 4.78 is 10.4. The van der Waals surface area contributed by atoms with Gasteiger partial charge in [0.25, 0.3) is 0 Å². The van der Waals surface area contributed by atoms with Crippen LogP contribution in [0.25, 0.3) is 44.1 Å². The van der Waals surface area contributed by atoms with Crippen LogP contribution in [0.2, 0.25) is 0 Å². The van der Waals surface area contributed by atoms with Crippen molar-refractivity contribution in [1.82, 2.24) is 9.97 Å². The number of halogens is 2. The van der Waals surface area contributed by atoms with Crippen molar-refractivity contribution in [3.05, 3.63) is 133 Å². The molecule has 6 rings (SSSR count). The van der Waals surface area contributed by atoms with Crippen molar-refractivity contribution in [3.8, 4) is 22.5 Å². The average Bonchev–Trinajstić information content (AvgIpc) is 3.13. The molecule has 0 bridgehead atoms. The molecule has 0 radical (unpaired) electrons. The standard InChI is InChI=1S/2C18H14NO2.2ClH.2Pd/c2*1-2-21-18(20)16-15-11-7-6-10-14(15)12-19-17(16)13-8-4-3-5-9-13;;;;/h2*3-8,10-12H,2H2,1H3;2*1H;;/q2*-1;;;2*+2/p-2. The number of ether oxygens (including phenoxy) is 2. The number of pyridine rings is 2. The van der Waals surface area contributed by atoms with Gasteiger partial charge in [-0.3, -0.25) is 0 Å². The third-order valence-electron chi connectivity index (χ3n) is 6.49. The first-order valence-electron chi connectivity index (χ1n) is 13.9. The molecule has 6 aromatic rings. The van der Waals surface area contributed by atoms with Gasteiger partial charge in [0.15, 0.2) is 0 Å².